The second kappa shape index (κ2) is 7.10. The van der Waals surface area contributed by atoms with Gasteiger partial charge < -0.3 is 10.8 Å². The van der Waals surface area contributed by atoms with Crippen LogP contribution in [-0.4, -0.2) is 17.6 Å². The predicted molar refractivity (Wildman–Crippen MR) is 89.5 cm³/mol. The highest BCUT2D eigenvalue weighted by atomic mass is 16.4. The Morgan fingerprint density at radius 1 is 1.36 bits per heavy atom. The number of benzene rings is 1. The van der Waals surface area contributed by atoms with E-state index in [2.05, 4.69) is 32.1 Å². The van der Waals surface area contributed by atoms with Gasteiger partial charge in [-0.25, -0.2) is 0 Å². The quantitative estimate of drug-likeness (QED) is 0.832. The summed E-state index contributed by atoms with van der Waals surface area (Å²) in [5, 5.41) is 8.91. The van der Waals surface area contributed by atoms with Crippen molar-refractivity contribution in [3.63, 3.8) is 0 Å². The molecule has 0 saturated heterocycles. The SMILES string of the molecule is CCC1=C[C@@H]2[C@H](C1)C[C@]2(CN)CC(=O)O.Cc1ccccc1. The molecule has 22 heavy (non-hydrogen) atoms. The van der Waals surface area contributed by atoms with Gasteiger partial charge in [0, 0.05) is 0 Å². The lowest BCUT2D eigenvalue weighted by molar-refractivity contribution is -0.144. The summed E-state index contributed by atoms with van der Waals surface area (Å²) in [6.07, 6.45) is 5.80. The van der Waals surface area contributed by atoms with Crippen molar-refractivity contribution in [2.45, 2.75) is 39.5 Å². The third-order valence-corrected chi connectivity index (χ3v) is 5.13. The number of aryl methyl sites for hydroxylation is 1. The molecular weight excluding hydrogens is 274 g/mol. The summed E-state index contributed by atoms with van der Waals surface area (Å²) in [7, 11) is 0. The molecule has 0 bridgehead atoms. The highest BCUT2D eigenvalue weighted by Gasteiger charge is 2.54. The zero-order valence-electron chi connectivity index (χ0n) is 13.6. The van der Waals surface area contributed by atoms with Gasteiger partial charge in [0.25, 0.3) is 0 Å². The minimum Gasteiger partial charge on any atom is -0.481 e. The Balaban J connectivity index is 0.000000211. The standard InChI is InChI=1S/C12H19NO2.C7H8/c1-2-8-3-9-5-12(7-13,6-11(14)15)10(9)4-8;1-7-5-3-2-4-6-7/h4,9-10H,2-3,5-7,13H2,1H3,(H,14,15);2-6H,1H3/t9-,10-,12-;/m1./s1. The van der Waals surface area contributed by atoms with Crippen LogP contribution in [-0.2, 0) is 4.79 Å². The average molecular weight is 301 g/mol. The number of hydrogen-bond acceptors (Lipinski definition) is 2. The third-order valence-electron chi connectivity index (χ3n) is 5.13. The van der Waals surface area contributed by atoms with Crippen molar-refractivity contribution in [2.75, 3.05) is 6.54 Å². The Labute approximate surface area is 133 Å². The van der Waals surface area contributed by atoms with E-state index in [0.717, 1.165) is 12.8 Å². The second-order valence-corrected chi connectivity index (χ2v) is 6.66. The molecule has 0 aromatic heterocycles. The van der Waals surface area contributed by atoms with Gasteiger partial charge in [-0.15, -0.1) is 0 Å². The van der Waals surface area contributed by atoms with Crippen LogP contribution in [0.1, 0.15) is 38.2 Å². The number of fused-ring (bicyclic) bond motifs is 1. The van der Waals surface area contributed by atoms with Crippen molar-refractivity contribution in [3.8, 4) is 0 Å². The average Bonchev–Trinajstić information content (AvgIpc) is 2.84. The molecule has 3 heteroatoms. The smallest absolute Gasteiger partial charge is 0.303 e. The van der Waals surface area contributed by atoms with E-state index in [9.17, 15) is 4.79 Å². The second-order valence-electron chi connectivity index (χ2n) is 6.66. The molecule has 0 radical (unpaired) electrons. The number of aliphatic carboxylic acids is 1. The summed E-state index contributed by atoms with van der Waals surface area (Å²) < 4.78 is 0. The van der Waals surface area contributed by atoms with Crippen LogP contribution in [0.5, 0.6) is 0 Å². The lowest BCUT2D eigenvalue weighted by Gasteiger charge is -2.51. The molecule has 0 spiro atoms. The lowest BCUT2D eigenvalue weighted by Crippen LogP contribution is -2.51. The van der Waals surface area contributed by atoms with E-state index in [1.54, 1.807) is 0 Å². The molecule has 0 heterocycles. The van der Waals surface area contributed by atoms with E-state index in [4.69, 9.17) is 10.8 Å². The number of allylic oxidation sites excluding steroid dienone is 2. The molecule has 0 unspecified atom stereocenters. The summed E-state index contributed by atoms with van der Waals surface area (Å²) in [5.41, 5.74) is 8.45. The van der Waals surface area contributed by atoms with Crippen LogP contribution >= 0.6 is 0 Å². The van der Waals surface area contributed by atoms with Crippen LogP contribution in [0.25, 0.3) is 0 Å². The van der Waals surface area contributed by atoms with Gasteiger partial charge in [0.15, 0.2) is 0 Å². The molecule has 3 rings (SSSR count). The Morgan fingerprint density at radius 3 is 2.50 bits per heavy atom. The van der Waals surface area contributed by atoms with E-state index in [1.807, 2.05) is 18.2 Å². The molecule has 3 nitrogen and oxygen atoms in total. The molecule has 2 aliphatic rings. The van der Waals surface area contributed by atoms with E-state index < -0.39 is 5.97 Å². The molecule has 3 N–H and O–H groups in total. The van der Waals surface area contributed by atoms with Gasteiger partial charge in [-0.3, -0.25) is 4.79 Å². The van der Waals surface area contributed by atoms with Gasteiger partial charge in [-0.05, 0) is 50.0 Å². The van der Waals surface area contributed by atoms with Crippen molar-refractivity contribution in [3.05, 3.63) is 47.5 Å². The predicted octanol–water partition coefficient (Wildman–Crippen LogP) is 3.78. The number of carboxylic acid groups (broad SMARTS) is 1. The molecule has 0 amide bonds. The van der Waals surface area contributed by atoms with Gasteiger partial charge in [0.2, 0.25) is 0 Å². The molecular formula is C19H27NO2. The van der Waals surface area contributed by atoms with Crippen LogP contribution in [0.3, 0.4) is 0 Å². The van der Waals surface area contributed by atoms with Gasteiger partial charge in [-0.1, -0.05) is 54.5 Å². The Kier molecular flexibility index (Phi) is 5.41. The van der Waals surface area contributed by atoms with Crippen molar-refractivity contribution >= 4 is 5.97 Å². The summed E-state index contributed by atoms with van der Waals surface area (Å²) in [6.45, 7) is 4.76. The van der Waals surface area contributed by atoms with Gasteiger partial charge in [-0.2, -0.15) is 0 Å². The summed E-state index contributed by atoms with van der Waals surface area (Å²) in [5.74, 6) is 0.411. The number of hydrogen-bond donors (Lipinski definition) is 2. The summed E-state index contributed by atoms with van der Waals surface area (Å²) >= 11 is 0. The molecule has 3 atom stereocenters. The zero-order valence-corrected chi connectivity index (χ0v) is 13.6. The first-order valence-electron chi connectivity index (χ1n) is 8.14. The first kappa shape index (κ1) is 16.8. The lowest BCUT2D eigenvalue weighted by atomic mass is 9.53. The topological polar surface area (TPSA) is 63.3 Å². The summed E-state index contributed by atoms with van der Waals surface area (Å²) in [6, 6.07) is 10.3. The zero-order chi connectivity index (χ0) is 16.2. The minimum absolute atomic E-state index is 0.132. The van der Waals surface area contributed by atoms with Crippen LogP contribution in [0.15, 0.2) is 42.0 Å². The van der Waals surface area contributed by atoms with Crippen LogP contribution in [0.4, 0.5) is 0 Å². The van der Waals surface area contributed by atoms with E-state index in [0.29, 0.717) is 18.4 Å². The third kappa shape index (κ3) is 3.58. The normalized spacial score (nSPS) is 28.8. The maximum Gasteiger partial charge on any atom is 0.303 e. The van der Waals surface area contributed by atoms with Crippen molar-refractivity contribution < 1.29 is 9.90 Å². The van der Waals surface area contributed by atoms with Crippen molar-refractivity contribution in [1.82, 2.24) is 0 Å². The molecule has 2 aliphatic carbocycles. The number of rotatable bonds is 4. The van der Waals surface area contributed by atoms with E-state index in [1.165, 1.54) is 17.6 Å². The van der Waals surface area contributed by atoms with E-state index in [-0.39, 0.29) is 11.8 Å². The van der Waals surface area contributed by atoms with Crippen molar-refractivity contribution in [1.29, 1.82) is 0 Å². The van der Waals surface area contributed by atoms with Crippen molar-refractivity contribution in [2.24, 2.45) is 23.0 Å². The Morgan fingerprint density at radius 2 is 2.05 bits per heavy atom. The maximum absolute atomic E-state index is 10.8. The monoisotopic (exact) mass is 301 g/mol. The highest BCUT2D eigenvalue weighted by Crippen LogP contribution is 2.59. The van der Waals surface area contributed by atoms with Crippen LogP contribution < -0.4 is 5.73 Å². The first-order valence-corrected chi connectivity index (χ1v) is 8.14. The van der Waals surface area contributed by atoms with Crippen LogP contribution in [0.2, 0.25) is 0 Å². The molecule has 120 valence electrons. The van der Waals surface area contributed by atoms with E-state index >= 15 is 0 Å². The fourth-order valence-corrected chi connectivity index (χ4v) is 3.87. The van der Waals surface area contributed by atoms with Crippen LogP contribution in [0, 0.1) is 24.2 Å². The molecule has 1 aromatic carbocycles. The molecule has 0 aliphatic heterocycles. The number of carboxylic acids is 1. The highest BCUT2D eigenvalue weighted by molar-refractivity contribution is 5.68. The molecule has 1 saturated carbocycles. The Hall–Kier alpha value is -1.61. The minimum atomic E-state index is -0.711. The maximum atomic E-state index is 10.8. The largest absolute Gasteiger partial charge is 0.481 e. The molecule has 1 aromatic rings. The number of nitrogens with two attached hydrogens (primary N) is 1. The van der Waals surface area contributed by atoms with Gasteiger partial charge in [0.05, 0.1) is 6.42 Å². The number of carbonyl (C=O) groups is 1. The van der Waals surface area contributed by atoms with Gasteiger partial charge >= 0.3 is 5.97 Å². The fourth-order valence-electron chi connectivity index (χ4n) is 3.87. The fraction of sp³-hybridized carbons (Fsp3) is 0.526. The Bertz CT molecular complexity index is 538. The van der Waals surface area contributed by atoms with Gasteiger partial charge in [0.1, 0.15) is 0 Å². The molecule has 1 fully saturated rings. The summed E-state index contributed by atoms with van der Waals surface area (Å²) in [4.78, 5) is 10.8. The first-order chi connectivity index (χ1) is 10.5.